The number of rotatable bonds is 3. The number of urea groups is 1. The molecule has 20 heavy (non-hydrogen) atoms. The Hall–Kier alpha value is -2.04. The van der Waals surface area contributed by atoms with Crippen LogP contribution in [0.2, 0.25) is 0 Å². The molecule has 106 valence electrons. The van der Waals surface area contributed by atoms with Gasteiger partial charge in [-0.05, 0) is 49.4 Å². The Morgan fingerprint density at radius 1 is 1.35 bits per heavy atom. The maximum atomic E-state index is 12.2. The van der Waals surface area contributed by atoms with Crippen LogP contribution in [0.1, 0.15) is 24.5 Å². The molecule has 1 heterocycles. The molecule has 1 aromatic carbocycles. The van der Waals surface area contributed by atoms with Gasteiger partial charge in [-0.2, -0.15) is 0 Å². The Bertz CT molecular complexity index is 556. The van der Waals surface area contributed by atoms with Crippen molar-refractivity contribution < 1.29 is 9.59 Å². The summed E-state index contributed by atoms with van der Waals surface area (Å²) in [4.78, 5) is 25.0. The number of anilines is 1. The molecule has 1 aromatic rings. The molecule has 1 saturated heterocycles. The van der Waals surface area contributed by atoms with Gasteiger partial charge in [-0.15, -0.1) is 0 Å². The fraction of sp³-hybridized carbons (Fsp3) is 0.467. The van der Waals surface area contributed by atoms with Crippen molar-refractivity contribution in [2.24, 2.45) is 0 Å². The molecule has 0 spiro atoms. The molecule has 0 radical (unpaired) electrons. The molecule has 0 aromatic heterocycles. The van der Waals surface area contributed by atoms with Gasteiger partial charge >= 0.3 is 6.03 Å². The zero-order valence-electron chi connectivity index (χ0n) is 11.6. The fourth-order valence-corrected chi connectivity index (χ4v) is 2.89. The number of carbonyl (C=O) groups excluding carboxylic acids is 2. The SMILES string of the molecule is C[C@@H](Nc1ccc2c(c1)CCC2)C(=O)N1CCNC1=O. The second kappa shape index (κ2) is 5.15. The summed E-state index contributed by atoms with van der Waals surface area (Å²) in [6.45, 7) is 2.78. The van der Waals surface area contributed by atoms with Gasteiger partial charge in [-0.1, -0.05) is 6.07 Å². The predicted octanol–water partition coefficient (Wildman–Crippen LogP) is 1.53. The van der Waals surface area contributed by atoms with Crippen LogP contribution in [0, 0.1) is 0 Å². The highest BCUT2D eigenvalue weighted by Crippen LogP contribution is 2.25. The summed E-state index contributed by atoms with van der Waals surface area (Å²) in [5.41, 5.74) is 3.73. The average molecular weight is 273 g/mol. The van der Waals surface area contributed by atoms with Crippen molar-refractivity contribution in [3.63, 3.8) is 0 Å². The van der Waals surface area contributed by atoms with Crippen LogP contribution in [-0.4, -0.2) is 36.0 Å². The summed E-state index contributed by atoms with van der Waals surface area (Å²) in [5, 5.41) is 5.84. The molecule has 5 heteroatoms. The maximum absolute atomic E-state index is 12.2. The van der Waals surface area contributed by atoms with E-state index in [1.807, 2.05) is 6.07 Å². The maximum Gasteiger partial charge on any atom is 0.324 e. The summed E-state index contributed by atoms with van der Waals surface area (Å²) in [7, 11) is 0. The van der Waals surface area contributed by atoms with Gasteiger partial charge in [-0.3, -0.25) is 9.69 Å². The minimum absolute atomic E-state index is 0.180. The lowest BCUT2D eigenvalue weighted by atomic mass is 10.1. The number of aryl methyl sites for hydroxylation is 2. The Morgan fingerprint density at radius 3 is 2.90 bits per heavy atom. The summed E-state index contributed by atoms with van der Waals surface area (Å²) in [5.74, 6) is -0.180. The van der Waals surface area contributed by atoms with E-state index < -0.39 is 6.04 Å². The number of fused-ring (bicyclic) bond motifs is 1. The van der Waals surface area contributed by atoms with E-state index in [2.05, 4.69) is 22.8 Å². The van der Waals surface area contributed by atoms with Gasteiger partial charge in [-0.25, -0.2) is 4.79 Å². The summed E-state index contributed by atoms with van der Waals surface area (Å²) < 4.78 is 0. The lowest BCUT2D eigenvalue weighted by Crippen LogP contribution is -2.43. The molecule has 1 aliphatic carbocycles. The lowest BCUT2D eigenvalue weighted by molar-refractivity contribution is -0.128. The van der Waals surface area contributed by atoms with Crippen molar-refractivity contribution in [2.45, 2.75) is 32.2 Å². The molecular weight excluding hydrogens is 254 g/mol. The van der Waals surface area contributed by atoms with Crippen molar-refractivity contribution in [1.29, 1.82) is 0 Å². The van der Waals surface area contributed by atoms with Crippen molar-refractivity contribution in [1.82, 2.24) is 10.2 Å². The van der Waals surface area contributed by atoms with Crippen molar-refractivity contribution in [3.05, 3.63) is 29.3 Å². The van der Waals surface area contributed by atoms with E-state index in [-0.39, 0.29) is 11.9 Å². The molecule has 2 N–H and O–H groups in total. The number of benzene rings is 1. The minimum atomic E-state index is -0.404. The first-order valence-corrected chi connectivity index (χ1v) is 7.13. The van der Waals surface area contributed by atoms with Crippen LogP contribution >= 0.6 is 0 Å². The van der Waals surface area contributed by atoms with Crippen LogP contribution in [-0.2, 0) is 17.6 Å². The van der Waals surface area contributed by atoms with Crippen molar-refractivity contribution in [2.75, 3.05) is 18.4 Å². The number of hydrogen-bond donors (Lipinski definition) is 2. The van der Waals surface area contributed by atoms with Gasteiger partial charge in [0.15, 0.2) is 0 Å². The van der Waals surface area contributed by atoms with E-state index in [0.29, 0.717) is 13.1 Å². The first kappa shape index (κ1) is 13.0. The van der Waals surface area contributed by atoms with E-state index in [1.54, 1.807) is 6.92 Å². The van der Waals surface area contributed by atoms with Crippen molar-refractivity contribution >= 4 is 17.6 Å². The standard InChI is InChI=1S/C15H19N3O2/c1-10(14(19)18-8-7-16-15(18)20)17-13-6-5-11-3-2-4-12(11)9-13/h5-6,9-10,17H,2-4,7-8H2,1H3,(H,16,20)/t10-/m1/s1. The smallest absolute Gasteiger partial charge is 0.324 e. The number of amides is 3. The van der Waals surface area contributed by atoms with Crippen LogP contribution in [0.4, 0.5) is 10.5 Å². The van der Waals surface area contributed by atoms with Crippen LogP contribution in [0.5, 0.6) is 0 Å². The van der Waals surface area contributed by atoms with Gasteiger partial charge in [0.05, 0.1) is 0 Å². The van der Waals surface area contributed by atoms with E-state index in [0.717, 1.165) is 18.5 Å². The number of carbonyl (C=O) groups is 2. The molecule has 1 aliphatic heterocycles. The second-order valence-corrected chi connectivity index (χ2v) is 5.42. The quantitative estimate of drug-likeness (QED) is 0.878. The van der Waals surface area contributed by atoms with Crippen LogP contribution in [0.3, 0.4) is 0 Å². The molecule has 0 unspecified atom stereocenters. The first-order valence-electron chi connectivity index (χ1n) is 7.13. The molecule has 3 rings (SSSR count). The summed E-state index contributed by atoms with van der Waals surface area (Å²) in [6.07, 6.45) is 3.47. The molecule has 0 saturated carbocycles. The Balaban J connectivity index is 1.68. The molecule has 5 nitrogen and oxygen atoms in total. The monoisotopic (exact) mass is 273 g/mol. The second-order valence-electron chi connectivity index (χ2n) is 5.42. The number of hydrogen-bond acceptors (Lipinski definition) is 3. The van der Waals surface area contributed by atoms with Gasteiger partial charge in [0.2, 0.25) is 0 Å². The largest absolute Gasteiger partial charge is 0.374 e. The first-order chi connectivity index (χ1) is 9.65. The fourth-order valence-electron chi connectivity index (χ4n) is 2.89. The Morgan fingerprint density at radius 2 is 2.15 bits per heavy atom. The molecule has 0 bridgehead atoms. The lowest BCUT2D eigenvalue weighted by Gasteiger charge is -2.20. The predicted molar refractivity (Wildman–Crippen MR) is 76.7 cm³/mol. The van der Waals surface area contributed by atoms with E-state index >= 15 is 0 Å². The Kier molecular flexibility index (Phi) is 3.34. The van der Waals surface area contributed by atoms with Crippen molar-refractivity contribution in [3.8, 4) is 0 Å². The van der Waals surface area contributed by atoms with E-state index in [4.69, 9.17) is 0 Å². The van der Waals surface area contributed by atoms with Crippen LogP contribution in [0.25, 0.3) is 0 Å². The third-order valence-corrected chi connectivity index (χ3v) is 3.97. The molecule has 2 aliphatic rings. The summed E-state index contributed by atoms with van der Waals surface area (Å²) >= 11 is 0. The zero-order chi connectivity index (χ0) is 14.1. The van der Waals surface area contributed by atoms with Crippen LogP contribution in [0.15, 0.2) is 18.2 Å². The summed E-state index contributed by atoms with van der Waals surface area (Å²) in [6, 6.07) is 5.56. The molecule has 1 atom stereocenters. The normalized spacial score (nSPS) is 18.6. The highest BCUT2D eigenvalue weighted by Gasteiger charge is 2.29. The molecular formula is C15H19N3O2. The van der Waals surface area contributed by atoms with E-state index in [1.165, 1.54) is 22.4 Å². The average Bonchev–Trinajstić information content (AvgIpc) is 3.05. The number of nitrogens with one attached hydrogen (secondary N) is 2. The highest BCUT2D eigenvalue weighted by atomic mass is 16.2. The van der Waals surface area contributed by atoms with Gasteiger partial charge in [0.1, 0.15) is 6.04 Å². The van der Waals surface area contributed by atoms with E-state index in [9.17, 15) is 9.59 Å². The number of imide groups is 1. The van der Waals surface area contributed by atoms with Crippen LogP contribution < -0.4 is 10.6 Å². The van der Waals surface area contributed by atoms with Gasteiger partial charge in [0.25, 0.3) is 5.91 Å². The minimum Gasteiger partial charge on any atom is -0.374 e. The topological polar surface area (TPSA) is 61.4 Å². The molecule has 1 fully saturated rings. The molecule has 3 amide bonds. The Labute approximate surface area is 118 Å². The van der Waals surface area contributed by atoms with Gasteiger partial charge < -0.3 is 10.6 Å². The highest BCUT2D eigenvalue weighted by molar-refractivity contribution is 5.99. The third kappa shape index (κ3) is 2.35. The third-order valence-electron chi connectivity index (χ3n) is 3.97. The zero-order valence-corrected chi connectivity index (χ0v) is 11.6. The van der Waals surface area contributed by atoms with Gasteiger partial charge in [0, 0.05) is 18.8 Å². The number of nitrogens with zero attached hydrogens (tertiary/aromatic N) is 1.